The van der Waals surface area contributed by atoms with Crippen molar-refractivity contribution in [2.45, 2.75) is 0 Å². The summed E-state index contributed by atoms with van der Waals surface area (Å²) in [6.45, 7) is 4.54. The summed E-state index contributed by atoms with van der Waals surface area (Å²) in [4.78, 5) is 5.05. The van der Waals surface area contributed by atoms with Gasteiger partial charge in [-0.05, 0) is 12.1 Å². The second kappa shape index (κ2) is 5.18. The zero-order valence-electron chi connectivity index (χ0n) is 9.04. The molecular weight excluding hydrogens is 222 g/mol. The van der Waals surface area contributed by atoms with E-state index < -0.39 is 0 Å². The zero-order chi connectivity index (χ0) is 11.4. The third kappa shape index (κ3) is 2.86. The number of nitrogens with two attached hydrogens (primary N) is 1. The Balaban J connectivity index is 1.88. The predicted molar refractivity (Wildman–Crippen MR) is 67.5 cm³/mol. The number of piperazine rings is 1. The van der Waals surface area contributed by atoms with Gasteiger partial charge in [0.25, 0.3) is 0 Å². The summed E-state index contributed by atoms with van der Waals surface area (Å²) in [5.74, 6) is 0.942. The number of hydrogen-bond acceptors (Lipinski definition) is 5. The van der Waals surface area contributed by atoms with Crippen molar-refractivity contribution in [2.75, 3.05) is 37.6 Å². The molecule has 2 rings (SSSR count). The fourth-order valence-corrected chi connectivity index (χ4v) is 2.00. The molecule has 6 heteroatoms. The van der Waals surface area contributed by atoms with Gasteiger partial charge in [0.15, 0.2) is 5.82 Å². The third-order valence-electron chi connectivity index (χ3n) is 2.63. The lowest BCUT2D eigenvalue weighted by Crippen LogP contribution is -2.48. The van der Waals surface area contributed by atoms with Gasteiger partial charge in [0.05, 0.1) is 4.99 Å². The van der Waals surface area contributed by atoms with E-state index in [1.54, 1.807) is 6.20 Å². The number of rotatable bonds is 3. The van der Waals surface area contributed by atoms with Gasteiger partial charge in [0.1, 0.15) is 0 Å². The molecule has 0 saturated carbocycles. The van der Waals surface area contributed by atoms with E-state index in [9.17, 15) is 0 Å². The maximum absolute atomic E-state index is 5.52. The number of nitrogens with zero attached hydrogens (tertiary/aromatic N) is 4. The van der Waals surface area contributed by atoms with Crippen LogP contribution in [-0.4, -0.2) is 52.8 Å². The summed E-state index contributed by atoms with van der Waals surface area (Å²) in [6.07, 6.45) is 1.69. The SMILES string of the molecule is NC(=S)CN1CCN(c2cccnn2)CC1. The molecule has 0 aromatic carbocycles. The Bertz CT molecular complexity index is 347. The van der Waals surface area contributed by atoms with Crippen LogP contribution in [0.15, 0.2) is 18.3 Å². The van der Waals surface area contributed by atoms with Crippen LogP contribution in [0.1, 0.15) is 0 Å². The van der Waals surface area contributed by atoms with E-state index in [0.29, 0.717) is 11.5 Å². The molecule has 5 nitrogen and oxygen atoms in total. The molecule has 0 spiro atoms. The Labute approximate surface area is 100 Å². The van der Waals surface area contributed by atoms with E-state index in [2.05, 4.69) is 20.0 Å². The highest BCUT2D eigenvalue weighted by Gasteiger charge is 2.17. The molecule has 0 amide bonds. The molecule has 1 aromatic heterocycles. The fraction of sp³-hybridized carbons (Fsp3) is 0.500. The van der Waals surface area contributed by atoms with E-state index in [0.717, 1.165) is 32.0 Å². The fourth-order valence-electron chi connectivity index (χ4n) is 1.82. The molecule has 0 bridgehead atoms. The normalized spacial score (nSPS) is 17.4. The van der Waals surface area contributed by atoms with Crippen molar-refractivity contribution < 1.29 is 0 Å². The minimum Gasteiger partial charge on any atom is -0.392 e. The Kier molecular flexibility index (Phi) is 3.63. The Morgan fingerprint density at radius 2 is 2.12 bits per heavy atom. The van der Waals surface area contributed by atoms with Gasteiger partial charge >= 0.3 is 0 Å². The monoisotopic (exact) mass is 237 g/mol. The van der Waals surface area contributed by atoms with Crippen LogP contribution in [0.5, 0.6) is 0 Å². The summed E-state index contributed by atoms with van der Waals surface area (Å²) in [7, 11) is 0. The molecule has 0 atom stereocenters. The third-order valence-corrected chi connectivity index (χ3v) is 2.76. The summed E-state index contributed by atoms with van der Waals surface area (Å²) in [6, 6.07) is 3.89. The molecule has 86 valence electrons. The Morgan fingerprint density at radius 3 is 2.69 bits per heavy atom. The highest BCUT2D eigenvalue weighted by Crippen LogP contribution is 2.11. The molecule has 0 unspecified atom stereocenters. The van der Waals surface area contributed by atoms with Crippen molar-refractivity contribution in [3.8, 4) is 0 Å². The van der Waals surface area contributed by atoms with Crippen molar-refractivity contribution >= 4 is 23.0 Å². The molecule has 1 aromatic rings. The van der Waals surface area contributed by atoms with Gasteiger partial charge in [0, 0.05) is 38.9 Å². The van der Waals surface area contributed by atoms with Gasteiger partial charge in [-0.2, -0.15) is 5.10 Å². The van der Waals surface area contributed by atoms with Gasteiger partial charge in [-0.1, -0.05) is 12.2 Å². The van der Waals surface area contributed by atoms with E-state index in [4.69, 9.17) is 18.0 Å². The summed E-state index contributed by atoms with van der Waals surface area (Å²) < 4.78 is 0. The molecule has 16 heavy (non-hydrogen) atoms. The lowest BCUT2D eigenvalue weighted by atomic mass is 10.3. The predicted octanol–water partition coefficient (Wildman–Crippen LogP) is -0.115. The highest BCUT2D eigenvalue weighted by molar-refractivity contribution is 7.80. The van der Waals surface area contributed by atoms with Gasteiger partial charge < -0.3 is 10.6 Å². The molecular formula is C10H15N5S. The van der Waals surface area contributed by atoms with Crippen molar-refractivity contribution in [3.63, 3.8) is 0 Å². The maximum Gasteiger partial charge on any atom is 0.151 e. The van der Waals surface area contributed by atoms with Crippen LogP contribution < -0.4 is 10.6 Å². The molecule has 1 saturated heterocycles. The number of anilines is 1. The highest BCUT2D eigenvalue weighted by atomic mass is 32.1. The van der Waals surface area contributed by atoms with Crippen molar-refractivity contribution in [1.82, 2.24) is 15.1 Å². The van der Waals surface area contributed by atoms with Crippen LogP contribution in [0.2, 0.25) is 0 Å². The molecule has 0 aliphatic carbocycles. The van der Waals surface area contributed by atoms with E-state index in [1.165, 1.54) is 0 Å². The molecule has 1 aliphatic rings. The largest absolute Gasteiger partial charge is 0.392 e. The van der Waals surface area contributed by atoms with Gasteiger partial charge in [-0.15, -0.1) is 5.10 Å². The lowest BCUT2D eigenvalue weighted by Gasteiger charge is -2.34. The standard InChI is InChI=1S/C10H15N5S/c11-9(16)8-14-4-6-15(7-5-14)10-2-1-3-12-13-10/h1-3H,4-8H2,(H2,11,16). The van der Waals surface area contributed by atoms with Crippen LogP contribution in [0.4, 0.5) is 5.82 Å². The minimum atomic E-state index is 0.563. The lowest BCUT2D eigenvalue weighted by molar-refractivity contribution is 0.291. The van der Waals surface area contributed by atoms with Crippen molar-refractivity contribution in [2.24, 2.45) is 5.73 Å². The van der Waals surface area contributed by atoms with Crippen LogP contribution in [0.3, 0.4) is 0 Å². The van der Waals surface area contributed by atoms with E-state index >= 15 is 0 Å². The summed E-state index contributed by atoms with van der Waals surface area (Å²) in [5, 5.41) is 7.98. The Morgan fingerprint density at radius 1 is 1.38 bits per heavy atom. The maximum atomic E-state index is 5.52. The van der Waals surface area contributed by atoms with Crippen LogP contribution in [0, 0.1) is 0 Å². The molecule has 1 fully saturated rings. The first-order valence-electron chi connectivity index (χ1n) is 5.29. The van der Waals surface area contributed by atoms with Crippen LogP contribution in [0.25, 0.3) is 0 Å². The van der Waals surface area contributed by atoms with Gasteiger partial charge in [0.2, 0.25) is 0 Å². The summed E-state index contributed by atoms with van der Waals surface area (Å²) in [5.41, 5.74) is 5.52. The number of thiocarbonyl (C=S) groups is 1. The van der Waals surface area contributed by atoms with Crippen LogP contribution in [-0.2, 0) is 0 Å². The topological polar surface area (TPSA) is 58.3 Å². The van der Waals surface area contributed by atoms with E-state index in [1.807, 2.05) is 12.1 Å². The van der Waals surface area contributed by atoms with Gasteiger partial charge in [-0.3, -0.25) is 4.90 Å². The van der Waals surface area contributed by atoms with Crippen molar-refractivity contribution in [3.05, 3.63) is 18.3 Å². The van der Waals surface area contributed by atoms with Gasteiger partial charge in [-0.25, -0.2) is 0 Å². The van der Waals surface area contributed by atoms with Crippen LogP contribution >= 0.6 is 12.2 Å². The Hall–Kier alpha value is -1.27. The summed E-state index contributed by atoms with van der Waals surface area (Å²) >= 11 is 4.90. The minimum absolute atomic E-state index is 0.563. The molecule has 0 radical (unpaired) electrons. The number of hydrogen-bond donors (Lipinski definition) is 1. The van der Waals surface area contributed by atoms with Crippen molar-refractivity contribution in [1.29, 1.82) is 0 Å². The smallest absolute Gasteiger partial charge is 0.151 e. The molecule has 2 heterocycles. The zero-order valence-corrected chi connectivity index (χ0v) is 9.86. The molecule has 2 N–H and O–H groups in total. The molecule has 1 aliphatic heterocycles. The number of aromatic nitrogens is 2. The first-order chi connectivity index (χ1) is 7.75. The second-order valence-corrected chi connectivity index (χ2v) is 4.34. The average molecular weight is 237 g/mol. The first-order valence-corrected chi connectivity index (χ1v) is 5.70. The first kappa shape index (κ1) is 11.2. The average Bonchev–Trinajstić information content (AvgIpc) is 2.30. The quantitative estimate of drug-likeness (QED) is 0.740. The van der Waals surface area contributed by atoms with E-state index in [-0.39, 0.29) is 0 Å². The second-order valence-electron chi connectivity index (χ2n) is 3.81.